The van der Waals surface area contributed by atoms with E-state index in [1.807, 2.05) is 20.0 Å². The highest BCUT2D eigenvalue weighted by Crippen LogP contribution is 2.25. The number of aryl methyl sites for hydroxylation is 2. The number of aromatic nitrogens is 4. The summed E-state index contributed by atoms with van der Waals surface area (Å²) in [5, 5.41) is 4.29. The lowest BCUT2D eigenvalue weighted by atomic mass is 9.97. The monoisotopic (exact) mass is 244 g/mol. The molecule has 2 aromatic heterocycles. The molecule has 18 heavy (non-hydrogen) atoms. The van der Waals surface area contributed by atoms with Crippen LogP contribution in [0.25, 0.3) is 0 Å². The molecule has 0 unspecified atom stereocenters. The molecule has 2 aromatic rings. The number of nitrogens with zero attached hydrogens (tertiary/aromatic N) is 4. The summed E-state index contributed by atoms with van der Waals surface area (Å²) in [5.41, 5.74) is 3.16. The van der Waals surface area contributed by atoms with Gasteiger partial charge >= 0.3 is 0 Å². The molecule has 0 saturated heterocycles. The van der Waals surface area contributed by atoms with Gasteiger partial charge in [-0.05, 0) is 25.8 Å². The largest absolute Gasteiger partial charge is 0.341 e. The van der Waals surface area contributed by atoms with Crippen LogP contribution in [-0.4, -0.2) is 25.1 Å². The molecule has 0 N–H and O–H groups in total. The van der Waals surface area contributed by atoms with Crippen molar-refractivity contribution in [2.24, 2.45) is 7.05 Å². The molecule has 1 aliphatic rings. The SMILES string of the molecule is Cc1cc2c(n1Cc1ncn(C)n1)CCCC2=O. The molecule has 94 valence electrons. The van der Waals surface area contributed by atoms with Gasteiger partial charge in [-0.3, -0.25) is 9.48 Å². The molecule has 0 amide bonds. The van der Waals surface area contributed by atoms with Crippen molar-refractivity contribution < 1.29 is 4.79 Å². The van der Waals surface area contributed by atoms with E-state index in [4.69, 9.17) is 0 Å². The molecular weight excluding hydrogens is 228 g/mol. The molecule has 3 rings (SSSR count). The van der Waals surface area contributed by atoms with Gasteiger partial charge in [0.05, 0.1) is 6.54 Å². The molecule has 5 nitrogen and oxygen atoms in total. The third-order valence-electron chi connectivity index (χ3n) is 3.48. The van der Waals surface area contributed by atoms with Gasteiger partial charge in [-0.25, -0.2) is 4.98 Å². The van der Waals surface area contributed by atoms with Crippen molar-refractivity contribution in [2.45, 2.75) is 32.7 Å². The number of hydrogen-bond donors (Lipinski definition) is 0. The van der Waals surface area contributed by atoms with Crippen LogP contribution in [-0.2, 0) is 20.0 Å². The number of rotatable bonds is 2. The second kappa shape index (κ2) is 4.08. The average molecular weight is 244 g/mol. The minimum absolute atomic E-state index is 0.270. The lowest BCUT2D eigenvalue weighted by molar-refractivity contribution is 0.0972. The van der Waals surface area contributed by atoms with Crippen LogP contribution in [0.5, 0.6) is 0 Å². The molecule has 0 fully saturated rings. The van der Waals surface area contributed by atoms with Crippen LogP contribution in [0.4, 0.5) is 0 Å². The van der Waals surface area contributed by atoms with E-state index in [-0.39, 0.29) is 5.78 Å². The van der Waals surface area contributed by atoms with E-state index in [9.17, 15) is 4.79 Å². The third kappa shape index (κ3) is 1.75. The zero-order valence-corrected chi connectivity index (χ0v) is 10.7. The van der Waals surface area contributed by atoms with Crippen LogP contribution in [0.3, 0.4) is 0 Å². The minimum atomic E-state index is 0.270. The van der Waals surface area contributed by atoms with Crippen LogP contribution >= 0.6 is 0 Å². The van der Waals surface area contributed by atoms with E-state index < -0.39 is 0 Å². The van der Waals surface area contributed by atoms with Gasteiger partial charge in [0.25, 0.3) is 0 Å². The summed E-state index contributed by atoms with van der Waals surface area (Å²) < 4.78 is 3.87. The maximum absolute atomic E-state index is 11.9. The quantitative estimate of drug-likeness (QED) is 0.804. The Morgan fingerprint density at radius 3 is 2.94 bits per heavy atom. The van der Waals surface area contributed by atoms with Crippen molar-refractivity contribution in [1.82, 2.24) is 19.3 Å². The van der Waals surface area contributed by atoms with Crippen molar-refractivity contribution in [2.75, 3.05) is 0 Å². The third-order valence-corrected chi connectivity index (χ3v) is 3.48. The zero-order valence-electron chi connectivity index (χ0n) is 10.7. The summed E-state index contributed by atoms with van der Waals surface area (Å²) >= 11 is 0. The van der Waals surface area contributed by atoms with E-state index in [0.29, 0.717) is 13.0 Å². The number of carbonyl (C=O) groups is 1. The Kier molecular flexibility index (Phi) is 2.54. The lowest BCUT2D eigenvalue weighted by Crippen LogP contribution is -2.14. The minimum Gasteiger partial charge on any atom is -0.341 e. The number of hydrogen-bond acceptors (Lipinski definition) is 3. The fraction of sp³-hybridized carbons (Fsp3) is 0.462. The fourth-order valence-corrected chi connectivity index (χ4v) is 2.61. The first-order valence-electron chi connectivity index (χ1n) is 6.22. The van der Waals surface area contributed by atoms with Crippen LogP contribution in [0.2, 0.25) is 0 Å². The molecule has 0 aromatic carbocycles. The molecule has 2 heterocycles. The highest BCUT2D eigenvalue weighted by Gasteiger charge is 2.22. The second-order valence-electron chi connectivity index (χ2n) is 4.84. The summed E-state index contributed by atoms with van der Waals surface area (Å²) in [5.74, 6) is 1.06. The van der Waals surface area contributed by atoms with Gasteiger partial charge in [-0.2, -0.15) is 5.10 Å². The molecule has 0 atom stereocenters. The van der Waals surface area contributed by atoms with Crippen molar-refractivity contribution >= 4 is 5.78 Å². The molecule has 0 saturated carbocycles. The summed E-state index contributed by atoms with van der Waals surface area (Å²) in [6, 6.07) is 2.00. The van der Waals surface area contributed by atoms with E-state index in [0.717, 1.165) is 35.6 Å². The lowest BCUT2D eigenvalue weighted by Gasteiger charge is -2.14. The van der Waals surface area contributed by atoms with Gasteiger partial charge in [0.2, 0.25) is 0 Å². The topological polar surface area (TPSA) is 52.7 Å². The van der Waals surface area contributed by atoms with Gasteiger partial charge in [0.1, 0.15) is 6.33 Å². The highest BCUT2D eigenvalue weighted by atomic mass is 16.1. The Labute approximate surface area is 105 Å². The first-order chi connectivity index (χ1) is 8.65. The number of ketones is 1. The molecule has 0 aliphatic heterocycles. The van der Waals surface area contributed by atoms with E-state index in [1.165, 1.54) is 0 Å². The molecule has 5 heteroatoms. The maximum Gasteiger partial charge on any atom is 0.170 e. The second-order valence-corrected chi connectivity index (χ2v) is 4.84. The van der Waals surface area contributed by atoms with E-state index in [2.05, 4.69) is 14.6 Å². The Hall–Kier alpha value is -1.91. The standard InChI is InChI=1S/C13H16N4O/c1-9-6-10-11(4-3-5-12(10)18)17(9)7-13-14-8-16(2)15-13/h6,8H,3-5,7H2,1-2H3. The predicted octanol–water partition coefficient (Wildman–Crippen LogP) is 1.49. The van der Waals surface area contributed by atoms with Crippen LogP contribution < -0.4 is 0 Å². The van der Waals surface area contributed by atoms with Crippen molar-refractivity contribution in [1.29, 1.82) is 0 Å². The van der Waals surface area contributed by atoms with Gasteiger partial charge < -0.3 is 4.57 Å². The average Bonchev–Trinajstić information content (AvgIpc) is 2.87. The molecule has 0 bridgehead atoms. The van der Waals surface area contributed by atoms with E-state index in [1.54, 1.807) is 11.0 Å². The Morgan fingerprint density at radius 1 is 1.39 bits per heavy atom. The van der Waals surface area contributed by atoms with Crippen LogP contribution in [0.15, 0.2) is 12.4 Å². The Balaban J connectivity index is 1.99. The van der Waals surface area contributed by atoms with Gasteiger partial charge in [-0.1, -0.05) is 0 Å². The highest BCUT2D eigenvalue weighted by molar-refractivity contribution is 5.98. The van der Waals surface area contributed by atoms with Crippen LogP contribution in [0.1, 0.15) is 40.4 Å². The molecule has 0 radical (unpaired) electrons. The smallest absolute Gasteiger partial charge is 0.170 e. The number of carbonyl (C=O) groups excluding carboxylic acids is 1. The van der Waals surface area contributed by atoms with Gasteiger partial charge in [0.15, 0.2) is 11.6 Å². The summed E-state index contributed by atoms with van der Waals surface area (Å²) in [6.45, 7) is 2.68. The normalized spacial score (nSPS) is 14.9. The van der Waals surface area contributed by atoms with Gasteiger partial charge in [0, 0.05) is 30.4 Å². The number of fused-ring (bicyclic) bond motifs is 1. The first-order valence-corrected chi connectivity index (χ1v) is 6.22. The molecular formula is C13H16N4O. The summed E-state index contributed by atoms with van der Waals surface area (Å²) in [7, 11) is 1.86. The van der Waals surface area contributed by atoms with Crippen molar-refractivity contribution in [3.05, 3.63) is 35.2 Å². The zero-order chi connectivity index (χ0) is 12.7. The van der Waals surface area contributed by atoms with Gasteiger partial charge in [-0.15, -0.1) is 0 Å². The maximum atomic E-state index is 11.9. The Bertz CT molecular complexity index is 609. The van der Waals surface area contributed by atoms with Crippen LogP contribution in [0, 0.1) is 6.92 Å². The Morgan fingerprint density at radius 2 is 2.22 bits per heavy atom. The summed E-state index contributed by atoms with van der Waals surface area (Å²) in [6.07, 6.45) is 4.30. The van der Waals surface area contributed by atoms with Crippen molar-refractivity contribution in [3.63, 3.8) is 0 Å². The fourth-order valence-electron chi connectivity index (χ4n) is 2.61. The summed E-state index contributed by atoms with van der Waals surface area (Å²) in [4.78, 5) is 16.1. The molecule has 1 aliphatic carbocycles. The van der Waals surface area contributed by atoms with E-state index >= 15 is 0 Å². The molecule has 0 spiro atoms. The van der Waals surface area contributed by atoms with Crippen molar-refractivity contribution in [3.8, 4) is 0 Å². The predicted molar refractivity (Wildman–Crippen MR) is 66.5 cm³/mol. The number of Topliss-reactive ketones (excluding diaryl/α,β-unsaturated/α-hetero) is 1. The first kappa shape index (κ1) is 11.2.